The van der Waals surface area contributed by atoms with Gasteiger partial charge in [0.15, 0.2) is 16.2 Å². The predicted molar refractivity (Wildman–Crippen MR) is 54.7 cm³/mol. The lowest BCUT2D eigenvalue weighted by atomic mass is 10.5. The Balaban J connectivity index is 2.98. The summed E-state index contributed by atoms with van der Waals surface area (Å²) in [5.74, 6) is -0.0822. The number of nitriles is 1. The number of nitrogens with one attached hydrogen (secondary N) is 1. The number of rotatable bonds is 3. The Kier molecular flexibility index (Phi) is 3.44. The summed E-state index contributed by atoms with van der Waals surface area (Å²) < 4.78 is 24.9. The maximum absolute atomic E-state index is 11.4. The van der Waals surface area contributed by atoms with Crippen LogP contribution >= 0.6 is 11.6 Å². The van der Waals surface area contributed by atoms with Crippen LogP contribution in [0.15, 0.2) is 12.4 Å². The van der Waals surface area contributed by atoms with E-state index in [0.29, 0.717) is 0 Å². The Morgan fingerprint density at radius 2 is 2.13 bits per heavy atom. The fourth-order valence-corrected chi connectivity index (χ4v) is 1.62. The second kappa shape index (κ2) is 4.42. The Morgan fingerprint density at radius 1 is 1.53 bits per heavy atom. The van der Waals surface area contributed by atoms with Gasteiger partial charge in [-0.25, -0.2) is 18.4 Å². The van der Waals surface area contributed by atoms with Crippen molar-refractivity contribution in [3.8, 4) is 6.07 Å². The van der Waals surface area contributed by atoms with Gasteiger partial charge in [-0.05, 0) is 6.92 Å². The molecule has 1 N–H and O–H groups in total. The molecule has 0 saturated heterocycles. The van der Waals surface area contributed by atoms with E-state index in [9.17, 15) is 8.42 Å². The summed E-state index contributed by atoms with van der Waals surface area (Å²) in [4.78, 5) is 7.33. The van der Waals surface area contributed by atoms with E-state index in [4.69, 9.17) is 16.9 Å². The second-order valence-corrected chi connectivity index (χ2v) is 4.97. The zero-order valence-electron chi connectivity index (χ0n) is 7.68. The highest BCUT2D eigenvalue weighted by Gasteiger charge is 2.21. The van der Waals surface area contributed by atoms with Crippen molar-refractivity contribution < 1.29 is 8.42 Å². The molecular formula is C7H7ClN4O2S. The topological polar surface area (TPSA) is 95.7 Å². The number of aromatic nitrogens is 2. The van der Waals surface area contributed by atoms with E-state index in [0.717, 1.165) is 0 Å². The van der Waals surface area contributed by atoms with Crippen LogP contribution in [0, 0.1) is 11.3 Å². The van der Waals surface area contributed by atoms with Crippen molar-refractivity contribution in [3.63, 3.8) is 0 Å². The average molecular weight is 247 g/mol. The highest BCUT2D eigenvalue weighted by Crippen LogP contribution is 2.16. The minimum Gasteiger partial charge on any atom is -0.264 e. The molecule has 1 rings (SSSR count). The van der Waals surface area contributed by atoms with E-state index >= 15 is 0 Å². The molecule has 8 heteroatoms. The number of nitrogens with zero attached hydrogens (tertiary/aromatic N) is 3. The zero-order chi connectivity index (χ0) is 11.5. The van der Waals surface area contributed by atoms with Crippen LogP contribution in [-0.2, 0) is 10.0 Å². The molecule has 6 nitrogen and oxygen atoms in total. The summed E-state index contributed by atoms with van der Waals surface area (Å²) in [6, 6.07) is 1.60. The van der Waals surface area contributed by atoms with Crippen LogP contribution in [0.2, 0.25) is 5.15 Å². The van der Waals surface area contributed by atoms with E-state index < -0.39 is 15.3 Å². The molecule has 1 atom stereocenters. The van der Waals surface area contributed by atoms with Gasteiger partial charge < -0.3 is 0 Å². The Morgan fingerprint density at radius 3 is 2.67 bits per heavy atom. The third-order valence-electron chi connectivity index (χ3n) is 1.54. The number of hydrogen-bond acceptors (Lipinski definition) is 5. The zero-order valence-corrected chi connectivity index (χ0v) is 9.25. The molecule has 0 radical (unpaired) electrons. The first kappa shape index (κ1) is 11.7. The van der Waals surface area contributed by atoms with Gasteiger partial charge in [0.1, 0.15) is 0 Å². The van der Waals surface area contributed by atoms with Gasteiger partial charge in [-0.15, -0.1) is 0 Å². The second-order valence-electron chi connectivity index (χ2n) is 2.61. The largest absolute Gasteiger partial charge is 0.264 e. The standard InChI is InChI=1S/C7H7ClN4O2S/c1-5(4-9)15(13,14)12-7-6(8)10-2-3-11-7/h2-3,5H,1H3,(H,11,12). The van der Waals surface area contributed by atoms with Crippen molar-refractivity contribution in [3.05, 3.63) is 17.5 Å². The minimum atomic E-state index is -3.78. The maximum Gasteiger partial charge on any atom is 0.250 e. The van der Waals surface area contributed by atoms with E-state index in [-0.39, 0.29) is 11.0 Å². The van der Waals surface area contributed by atoms with E-state index in [1.165, 1.54) is 19.3 Å². The fourth-order valence-electron chi connectivity index (χ4n) is 0.682. The van der Waals surface area contributed by atoms with Crippen LogP contribution in [0.25, 0.3) is 0 Å². The van der Waals surface area contributed by atoms with Gasteiger partial charge in [-0.3, -0.25) is 4.72 Å². The highest BCUT2D eigenvalue weighted by molar-refractivity contribution is 7.93. The summed E-state index contributed by atoms with van der Waals surface area (Å²) in [7, 11) is -3.78. The molecule has 80 valence electrons. The summed E-state index contributed by atoms with van der Waals surface area (Å²) in [5.41, 5.74) is 0. The van der Waals surface area contributed by atoms with Crippen LogP contribution < -0.4 is 4.72 Å². The fraction of sp³-hybridized carbons (Fsp3) is 0.286. The molecule has 0 spiro atoms. The lowest BCUT2D eigenvalue weighted by molar-refractivity contribution is 0.597. The monoisotopic (exact) mass is 246 g/mol. The van der Waals surface area contributed by atoms with Crippen LogP contribution in [0.4, 0.5) is 5.82 Å². The molecule has 1 heterocycles. The summed E-state index contributed by atoms with van der Waals surface area (Å²) >= 11 is 5.59. The molecule has 1 unspecified atom stereocenters. The molecule has 0 aromatic carbocycles. The van der Waals surface area contributed by atoms with Crippen LogP contribution in [0.5, 0.6) is 0 Å². The average Bonchev–Trinajstić information content (AvgIpc) is 2.20. The van der Waals surface area contributed by atoms with Gasteiger partial charge in [0.25, 0.3) is 0 Å². The normalized spacial score (nSPS) is 12.9. The molecule has 15 heavy (non-hydrogen) atoms. The Labute approximate surface area is 92.0 Å². The highest BCUT2D eigenvalue weighted by atomic mass is 35.5. The Bertz CT molecular complexity index is 496. The van der Waals surface area contributed by atoms with Gasteiger partial charge in [0, 0.05) is 12.4 Å². The number of hydrogen-bond donors (Lipinski definition) is 1. The number of anilines is 1. The lowest BCUT2D eigenvalue weighted by Gasteiger charge is -2.08. The first-order valence-corrected chi connectivity index (χ1v) is 5.77. The molecular weight excluding hydrogens is 240 g/mol. The first-order chi connectivity index (χ1) is 6.97. The predicted octanol–water partition coefficient (Wildman–Crippen LogP) is 0.784. The van der Waals surface area contributed by atoms with E-state index in [1.807, 2.05) is 0 Å². The maximum atomic E-state index is 11.4. The van der Waals surface area contributed by atoms with Crippen molar-refractivity contribution in [2.75, 3.05) is 4.72 Å². The third-order valence-corrected chi connectivity index (χ3v) is 3.33. The lowest BCUT2D eigenvalue weighted by Crippen LogP contribution is -2.24. The van der Waals surface area contributed by atoms with Crippen molar-refractivity contribution in [1.82, 2.24) is 9.97 Å². The summed E-state index contributed by atoms with van der Waals surface area (Å²) in [6.45, 7) is 1.26. The molecule has 0 amide bonds. The molecule has 1 aromatic rings. The van der Waals surface area contributed by atoms with Crippen molar-refractivity contribution in [2.45, 2.75) is 12.2 Å². The summed E-state index contributed by atoms with van der Waals surface area (Å²) in [5, 5.41) is 7.23. The molecule has 0 fully saturated rings. The van der Waals surface area contributed by atoms with Gasteiger partial charge >= 0.3 is 0 Å². The van der Waals surface area contributed by atoms with Gasteiger partial charge in [0.2, 0.25) is 10.0 Å². The first-order valence-electron chi connectivity index (χ1n) is 3.85. The van der Waals surface area contributed by atoms with Crippen molar-refractivity contribution >= 4 is 27.4 Å². The van der Waals surface area contributed by atoms with Crippen LogP contribution in [0.1, 0.15) is 6.92 Å². The van der Waals surface area contributed by atoms with Gasteiger partial charge in [-0.2, -0.15) is 5.26 Å². The van der Waals surface area contributed by atoms with Crippen LogP contribution in [-0.4, -0.2) is 23.6 Å². The molecule has 0 saturated carbocycles. The molecule has 0 aliphatic heterocycles. The smallest absolute Gasteiger partial charge is 0.250 e. The van der Waals surface area contributed by atoms with Crippen molar-refractivity contribution in [2.24, 2.45) is 0 Å². The summed E-state index contributed by atoms with van der Waals surface area (Å²) in [6.07, 6.45) is 2.62. The minimum absolute atomic E-state index is 0.0637. The number of sulfonamides is 1. The molecule has 0 aliphatic rings. The van der Waals surface area contributed by atoms with E-state index in [1.54, 1.807) is 6.07 Å². The van der Waals surface area contributed by atoms with E-state index in [2.05, 4.69) is 14.7 Å². The van der Waals surface area contributed by atoms with Crippen molar-refractivity contribution in [1.29, 1.82) is 5.26 Å². The SMILES string of the molecule is CC(C#N)S(=O)(=O)Nc1nccnc1Cl. The number of halogens is 1. The molecule has 1 aromatic heterocycles. The Hall–Kier alpha value is -1.39. The molecule has 0 bridgehead atoms. The van der Waals surface area contributed by atoms with Crippen LogP contribution in [0.3, 0.4) is 0 Å². The third kappa shape index (κ3) is 2.78. The van der Waals surface area contributed by atoms with Gasteiger partial charge in [-0.1, -0.05) is 11.6 Å². The van der Waals surface area contributed by atoms with Gasteiger partial charge in [0.05, 0.1) is 6.07 Å². The quantitative estimate of drug-likeness (QED) is 0.850. The molecule has 0 aliphatic carbocycles.